The Morgan fingerprint density at radius 3 is 2.94 bits per heavy atom. The van der Waals surface area contributed by atoms with Gasteiger partial charge in [0.2, 0.25) is 0 Å². The highest BCUT2D eigenvalue weighted by atomic mass is 32.1. The molecule has 0 aliphatic carbocycles. The second-order valence-corrected chi connectivity index (χ2v) is 6.46. The average molecular weight is 238 g/mol. The van der Waals surface area contributed by atoms with Crippen LogP contribution in [0.3, 0.4) is 0 Å². The van der Waals surface area contributed by atoms with Gasteiger partial charge in [0, 0.05) is 29.5 Å². The van der Waals surface area contributed by atoms with E-state index in [9.17, 15) is 0 Å². The van der Waals surface area contributed by atoms with Crippen molar-refractivity contribution < 1.29 is 0 Å². The van der Waals surface area contributed by atoms with Crippen molar-refractivity contribution in [2.45, 2.75) is 38.3 Å². The van der Waals surface area contributed by atoms with E-state index in [1.807, 2.05) is 11.3 Å². The van der Waals surface area contributed by atoms with Crippen LogP contribution in [0, 0.1) is 0 Å². The molecule has 0 bridgehead atoms. The van der Waals surface area contributed by atoms with Gasteiger partial charge in [0.25, 0.3) is 0 Å². The highest BCUT2D eigenvalue weighted by Crippen LogP contribution is 2.21. The van der Waals surface area contributed by atoms with E-state index >= 15 is 0 Å². The molecule has 1 fully saturated rings. The van der Waals surface area contributed by atoms with E-state index in [0.29, 0.717) is 11.6 Å². The maximum Gasteiger partial charge on any atom is 0.0235 e. The van der Waals surface area contributed by atoms with Crippen molar-refractivity contribution in [3.05, 3.63) is 22.4 Å². The molecule has 3 heteroatoms. The molecule has 2 nitrogen and oxygen atoms in total. The number of nitrogens with one attached hydrogen (secondary N) is 1. The predicted octanol–water partition coefficient (Wildman–Crippen LogP) is 2.36. The zero-order valence-electron chi connectivity index (χ0n) is 10.5. The number of nitrogens with zero attached hydrogens (tertiary/aromatic N) is 1. The average Bonchev–Trinajstić information content (AvgIpc) is 2.83. The van der Waals surface area contributed by atoms with Crippen LogP contribution in [0.4, 0.5) is 0 Å². The van der Waals surface area contributed by atoms with E-state index in [1.165, 1.54) is 24.3 Å². The van der Waals surface area contributed by atoms with E-state index in [-0.39, 0.29) is 0 Å². The van der Waals surface area contributed by atoms with Crippen LogP contribution >= 0.6 is 11.3 Å². The van der Waals surface area contributed by atoms with E-state index in [2.05, 4.69) is 48.6 Å². The molecule has 0 radical (unpaired) electrons. The van der Waals surface area contributed by atoms with Crippen LogP contribution in [0.25, 0.3) is 0 Å². The van der Waals surface area contributed by atoms with Gasteiger partial charge in [-0.1, -0.05) is 6.07 Å². The smallest absolute Gasteiger partial charge is 0.0235 e. The van der Waals surface area contributed by atoms with Crippen LogP contribution in [-0.2, 0) is 6.42 Å². The van der Waals surface area contributed by atoms with Crippen LogP contribution in [0.5, 0.6) is 0 Å². The molecule has 1 aromatic heterocycles. The Kier molecular flexibility index (Phi) is 3.67. The van der Waals surface area contributed by atoms with Crippen LogP contribution in [0.15, 0.2) is 17.5 Å². The van der Waals surface area contributed by atoms with Crippen LogP contribution in [0.1, 0.15) is 25.1 Å². The summed E-state index contributed by atoms with van der Waals surface area (Å²) in [7, 11) is 2.25. The molecule has 2 rings (SSSR count). The maximum absolute atomic E-state index is 3.58. The first kappa shape index (κ1) is 12.1. The van der Waals surface area contributed by atoms with Crippen molar-refractivity contribution in [1.82, 2.24) is 10.2 Å². The molecule has 0 aromatic carbocycles. The lowest BCUT2D eigenvalue weighted by Gasteiger charge is -2.24. The van der Waals surface area contributed by atoms with Gasteiger partial charge in [-0.3, -0.25) is 0 Å². The molecule has 0 amide bonds. The van der Waals surface area contributed by atoms with Gasteiger partial charge in [-0.25, -0.2) is 0 Å². The van der Waals surface area contributed by atoms with Gasteiger partial charge < -0.3 is 10.2 Å². The number of likely N-dealkylation sites (N-methyl/N-ethyl adjacent to an activating group) is 1. The number of rotatable bonds is 4. The lowest BCUT2D eigenvalue weighted by Crippen LogP contribution is -2.34. The van der Waals surface area contributed by atoms with Crippen molar-refractivity contribution in [2.75, 3.05) is 20.1 Å². The van der Waals surface area contributed by atoms with Crippen molar-refractivity contribution in [3.8, 4) is 0 Å². The van der Waals surface area contributed by atoms with Crippen molar-refractivity contribution in [2.24, 2.45) is 0 Å². The summed E-state index contributed by atoms with van der Waals surface area (Å²) in [5.41, 5.74) is 0.321. The largest absolute Gasteiger partial charge is 0.310 e. The summed E-state index contributed by atoms with van der Waals surface area (Å²) < 4.78 is 0. The fourth-order valence-electron chi connectivity index (χ4n) is 2.36. The van der Waals surface area contributed by atoms with Crippen molar-refractivity contribution in [3.63, 3.8) is 0 Å². The van der Waals surface area contributed by atoms with Crippen molar-refractivity contribution >= 4 is 11.3 Å². The van der Waals surface area contributed by atoms with E-state index in [1.54, 1.807) is 0 Å². The van der Waals surface area contributed by atoms with E-state index < -0.39 is 0 Å². The Balaban J connectivity index is 1.78. The number of hydrogen-bond donors (Lipinski definition) is 1. The summed E-state index contributed by atoms with van der Waals surface area (Å²) in [5.74, 6) is 0. The molecule has 0 spiro atoms. The molecule has 2 heterocycles. The molecule has 1 aliphatic heterocycles. The lowest BCUT2D eigenvalue weighted by molar-refractivity contribution is 0.252. The molecule has 0 saturated carbocycles. The van der Waals surface area contributed by atoms with Gasteiger partial charge in [-0.05, 0) is 45.2 Å². The summed E-state index contributed by atoms with van der Waals surface area (Å²) in [6, 6.07) is 5.07. The Morgan fingerprint density at radius 2 is 2.38 bits per heavy atom. The highest BCUT2D eigenvalue weighted by molar-refractivity contribution is 7.09. The van der Waals surface area contributed by atoms with Crippen LogP contribution in [0.2, 0.25) is 0 Å². The minimum absolute atomic E-state index is 0.321. The number of thiophene rings is 1. The van der Waals surface area contributed by atoms with Gasteiger partial charge in [-0.15, -0.1) is 11.3 Å². The standard InChI is InChI=1S/C13H22N2S/c1-13(2)9-11(10-14-13)15(3)7-6-12-5-4-8-16-12/h4-5,8,11,14H,6-7,9-10H2,1-3H3. The highest BCUT2D eigenvalue weighted by Gasteiger charge is 2.32. The molecule has 16 heavy (non-hydrogen) atoms. The first-order chi connectivity index (χ1) is 7.57. The third-order valence-electron chi connectivity index (χ3n) is 3.48. The maximum atomic E-state index is 3.58. The lowest BCUT2D eigenvalue weighted by atomic mass is 10.0. The Bertz CT molecular complexity index is 319. The molecule has 1 atom stereocenters. The monoisotopic (exact) mass is 238 g/mol. The zero-order valence-corrected chi connectivity index (χ0v) is 11.3. The Hall–Kier alpha value is -0.380. The fourth-order valence-corrected chi connectivity index (χ4v) is 3.06. The molecule has 1 aliphatic rings. The molecule has 1 aromatic rings. The second kappa shape index (κ2) is 4.86. The molecule has 90 valence electrons. The summed E-state index contributed by atoms with van der Waals surface area (Å²) in [5, 5.41) is 5.74. The van der Waals surface area contributed by atoms with Gasteiger partial charge in [0.1, 0.15) is 0 Å². The third-order valence-corrected chi connectivity index (χ3v) is 4.41. The summed E-state index contributed by atoms with van der Waals surface area (Å²) in [6.45, 7) is 6.89. The van der Waals surface area contributed by atoms with Gasteiger partial charge in [0.15, 0.2) is 0 Å². The van der Waals surface area contributed by atoms with Crippen LogP contribution < -0.4 is 5.32 Å². The molecule has 1 N–H and O–H groups in total. The first-order valence-corrected chi connectivity index (χ1v) is 6.92. The summed E-state index contributed by atoms with van der Waals surface area (Å²) in [4.78, 5) is 4.00. The molecule has 1 saturated heterocycles. The number of hydrogen-bond acceptors (Lipinski definition) is 3. The van der Waals surface area contributed by atoms with Crippen molar-refractivity contribution in [1.29, 1.82) is 0 Å². The summed E-state index contributed by atoms with van der Waals surface area (Å²) >= 11 is 1.86. The van der Waals surface area contributed by atoms with E-state index in [4.69, 9.17) is 0 Å². The Labute approximate surface area is 103 Å². The second-order valence-electron chi connectivity index (χ2n) is 5.43. The SMILES string of the molecule is CN(CCc1cccs1)C1CNC(C)(C)C1. The quantitative estimate of drug-likeness (QED) is 0.866. The van der Waals surface area contributed by atoms with Crippen LogP contribution in [-0.4, -0.2) is 36.6 Å². The molecular weight excluding hydrogens is 216 g/mol. The van der Waals surface area contributed by atoms with Gasteiger partial charge in [0.05, 0.1) is 0 Å². The fraction of sp³-hybridized carbons (Fsp3) is 0.692. The van der Waals surface area contributed by atoms with Gasteiger partial charge >= 0.3 is 0 Å². The normalized spacial score (nSPS) is 24.1. The molecular formula is C13H22N2S. The molecule has 1 unspecified atom stereocenters. The van der Waals surface area contributed by atoms with E-state index in [0.717, 1.165) is 6.54 Å². The third kappa shape index (κ3) is 3.06. The minimum atomic E-state index is 0.321. The minimum Gasteiger partial charge on any atom is -0.310 e. The topological polar surface area (TPSA) is 15.3 Å². The first-order valence-electron chi connectivity index (χ1n) is 6.04. The van der Waals surface area contributed by atoms with Gasteiger partial charge in [-0.2, -0.15) is 0 Å². The Morgan fingerprint density at radius 1 is 1.56 bits per heavy atom. The zero-order chi connectivity index (χ0) is 11.6. The predicted molar refractivity (Wildman–Crippen MR) is 71.1 cm³/mol. The summed E-state index contributed by atoms with van der Waals surface area (Å²) in [6.07, 6.45) is 2.44.